The molecule has 6 nitrogen and oxygen atoms in total. The van der Waals surface area contributed by atoms with Gasteiger partial charge in [-0.1, -0.05) is 17.7 Å². The SMILES string of the molecule is COc1ccc(Cl)cc1NC(=O)CN1CC(=O)Oc2ccc(C)cc21. The molecule has 0 unspecified atom stereocenters. The van der Waals surface area contributed by atoms with Gasteiger partial charge in [0.2, 0.25) is 5.91 Å². The number of aryl methyl sites for hydroxylation is 1. The molecule has 0 fully saturated rings. The van der Waals surface area contributed by atoms with Gasteiger partial charge in [0, 0.05) is 5.02 Å². The first-order valence-electron chi connectivity index (χ1n) is 7.66. The maximum Gasteiger partial charge on any atom is 0.331 e. The molecule has 130 valence electrons. The Morgan fingerprint density at radius 1 is 1.32 bits per heavy atom. The highest BCUT2D eigenvalue weighted by atomic mass is 35.5. The number of halogens is 1. The van der Waals surface area contributed by atoms with Gasteiger partial charge in [-0.2, -0.15) is 0 Å². The number of anilines is 2. The maximum atomic E-state index is 12.5. The molecule has 1 aliphatic heterocycles. The third kappa shape index (κ3) is 3.85. The van der Waals surface area contributed by atoms with Gasteiger partial charge in [0.05, 0.1) is 25.0 Å². The molecule has 0 spiro atoms. The summed E-state index contributed by atoms with van der Waals surface area (Å²) in [6, 6.07) is 10.4. The summed E-state index contributed by atoms with van der Waals surface area (Å²) in [5.74, 6) is 0.272. The number of rotatable bonds is 4. The lowest BCUT2D eigenvalue weighted by atomic mass is 10.1. The minimum absolute atomic E-state index is 0.00121. The number of hydrogen-bond donors (Lipinski definition) is 1. The minimum atomic E-state index is -0.399. The van der Waals surface area contributed by atoms with Crippen LogP contribution in [0.1, 0.15) is 5.56 Å². The van der Waals surface area contributed by atoms with E-state index in [-0.39, 0.29) is 19.0 Å². The van der Waals surface area contributed by atoms with Crippen molar-refractivity contribution in [3.63, 3.8) is 0 Å². The van der Waals surface area contributed by atoms with Gasteiger partial charge in [-0.15, -0.1) is 0 Å². The molecule has 0 radical (unpaired) electrons. The summed E-state index contributed by atoms with van der Waals surface area (Å²) in [6.45, 7) is 1.95. The number of esters is 1. The van der Waals surface area contributed by atoms with E-state index in [9.17, 15) is 9.59 Å². The highest BCUT2D eigenvalue weighted by molar-refractivity contribution is 6.31. The molecule has 1 amide bonds. The van der Waals surface area contributed by atoms with Crippen LogP contribution in [0, 0.1) is 6.92 Å². The lowest BCUT2D eigenvalue weighted by Gasteiger charge is -2.29. The smallest absolute Gasteiger partial charge is 0.331 e. The summed E-state index contributed by atoms with van der Waals surface area (Å²) >= 11 is 5.97. The molecule has 1 heterocycles. The molecule has 1 N–H and O–H groups in total. The second kappa shape index (κ2) is 7.03. The predicted molar refractivity (Wildman–Crippen MR) is 95.7 cm³/mol. The average molecular weight is 361 g/mol. The molecule has 1 aliphatic rings. The fourth-order valence-corrected chi connectivity index (χ4v) is 2.81. The zero-order valence-corrected chi connectivity index (χ0v) is 14.6. The molecule has 0 atom stereocenters. The monoisotopic (exact) mass is 360 g/mol. The third-order valence-electron chi connectivity index (χ3n) is 3.77. The van der Waals surface area contributed by atoms with Gasteiger partial charge in [-0.05, 0) is 42.8 Å². The molecular weight excluding hydrogens is 344 g/mol. The summed E-state index contributed by atoms with van der Waals surface area (Å²) in [6.07, 6.45) is 0. The van der Waals surface area contributed by atoms with Crippen LogP contribution >= 0.6 is 11.6 Å². The van der Waals surface area contributed by atoms with Crippen LogP contribution in [0.3, 0.4) is 0 Å². The average Bonchev–Trinajstić information content (AvgIpc) is 2.55. The number of carbonyl (C=O) groups excluding carboxylic acids is 2. The summed E-state index contributed by atoms with van der Waals surface area (Å²) in [5.41, 5.74) is 2.20. The Bertz CT molecular complexity index is 838. The van der Waals surface area contributed by atoms with Gasteiger partial charge in [0.25, 0.3) is 0 Å². The Morgan fingerprint density at radius 2 is 2.12 bits per heavy atom. The van der Waals surface area contributed by atoms with E-state index in [2.05, 4.69) is 5.32 Å². The third-order valence-corrected chi connectivity index (χ3v) is 4.00. The second-order valence-corrected chi connectivity index (χ2v) is 6.13. The number of nitrogens with one attached hydrogen (secondary N) is 1. The summed E-state index contributed by atoms with van der Waals surface area (Å²) in [5, 5.41) is 3.25. The topological polar surface area (TPSA) is 67.9 Å². The van der Waals surface area contributed by atoms with Gasteiger partial charge < -0.3 is 19.7 Å². The van der Waals surface area contributed by atoms with E-state index < -0.39 is 5.97 Å². The van der Waals surface area contributed by atoms with E-state index in [0.717, 1.165) is 5.56 Å². The van der Waals surface area contributed by atoms with Crippen molar-refractivity contribution in [1.29, 1.82) is 0 Å². The first-order valence-corrected chi connectivity index (χ1v) is 8.04. The normalized spacial score (nSPS) is 13.1. The molecule has 25 heavy (non-hydrogen) atoms. The molecule has 0 saturated heterocycles. The summed E-state index contributed by atoms with van der Waals surface area (Å²) < 4.78 is 10.4. The summed E-state index contributed by atoms with van der Waals surface area (Å²) in [7, 11) is 1.51. The van der Waals surface area contributed by atoms with E-state index in [1.807, 2.05) is 19.1 Å². The van der Waals surface area contributed by atoms with Crippen molar-refractivity contribution in [2.75, 3.05) is 30.4 Å². The molecule has 0 bridgehead atoms. The van der Waals surface area contributed by atoms with Crippen molar-refractivity contribution in [1.82, 2.24) is 0 Å². The van der Waals surface area contributed by atoms with Gasteiger partial charge in [-0.3, -0.25) is 4.79 Å². The molecule has 7 heteroatoms. The fourth-order valence-electron chi connectivity index (χ4n) is 2.64. The molecule has 2 aromatic rings. The molecular formula is C18H17ClN2O4. The lowest BCUT2D eigenvalue weighted by Crippen LogP contribution is -2.41. The van der Waals surface area contributed by atoms with Gasteiger partial charge in [0.15, 0.2) is 5.75 Å². The number of methoxy groups -OCH3 is 1. The van der Waals surface area contributed by atoms with Gasteiger partial charge in [-0.25, -0.2) is 4.79 Å². The zero-order chi connectivity index (χ0) is 18.0. The van der Waals surface area contributed by atoms with Crippen LogP contribution in [-0.2, 0) is 9.59 Å². The van der Waals surface area contributed by atoms with Crippen molar-refractivity contribution < 1.29 is 19.1 Å². The molecule has 0 aliphatic carbocycles. The number of benzene rings is 2. The number of fused-ring (bicyclic) bond motifs is 1. The van der Waals surface area contributed by atoms with Crippen LogP contribution in [-0.4, -0.2) is 32.1 Å². The second-order valence-electron chi connectivity index (χ2n) is 5.69. The number of nitrogens with zero attached hydrogens (tertiary/aromatic N) is 1. The molecule has 0 aromatic heterocycles. The molecule has 3 rings (SSSR count). The number of hydrogen-bond acceptors (Lipinski definition) is 5. The Kier molecular flexibility index (Phi) is 4.81. The Balaban J connectivity index is 1.79. The largest absolute Gasteiger partial charge is 0.495 e. The van der Waals surface area contributed by atoms with Gasteiger partial charge in [0.1, 0.15) is 12.3 Å². The lowest BCUT2D eigenvalue weighted by molar-refractivity contribution is -0.133. The molecule has 0 saturated carbocycles. The quantitative estimate of drug-likeness (QED) is 0.670. The highest BCUT2D eigenvalue weighted by Gasteiger charge is 2.26. The van der Waals surface area contributed by atoms with E-state index in [4.69, 9.17) is 21.1 Å². The fraction of sp³-hybridized carbons (Fsp3) is 0.222. The van der Waals surface area contributed by atoms with E-state index in [1.54, 1.807) is 29.2 Å². The van der Waals surface area contributed by atoms with Crippen LogP contribution in [0.2, 0.25) is 5.02 Å². The van der Waals surface area contributed by atoms with Crippen molar-refractivity contribution in [3.05, 3.63) is 47.0 Å². The van der Waals surface area contributed by atoms with E-state index in [0.29, 0.717) is 27.9 Å². The van der Waals surface area contributed by atoms with Crippen molar-refractivity contribution in [2.45, 2.75) is 6.92 Å². The van der Waals surface area contributed by atoms with Crippen molar-refractivity contribution in [2.24, 2.45) is 0 Å². The first-order chi connectivity index (χ1) is 12.0. The number of ether oxygens (including phenoxy) is 2. The first kappa shape index (κ1) is 17.1. The Hall–Kier alpha value is -2.73. The zero-order valence-electron chi connectivity index (χ0n) is 13.8. The standard InChI is InChI=1S/C18H17ClN2O4/c1-11-3-5-16-14(7-11)21(10-18(23)25-16)9-17(22)20-13-8-12(19)4-6-15(13)24-2/h3-8H,9-10H2,1-2H3,(H,20,22). The van der Waals surface area contributed by atoms with Crippen LogP contribution in [0.25, 0.3) is 0 Å². The van der Waals surface area contributed by atoms with E-state index in [1.165, 1.54) is 7.11 Å². The van der Waals surface area contributed by atoms with Crippen LogP contribution in [0.5, 0.6) is 11.5 Å². The summed E-state index contributed by atoms with van der Waals surface area (Å²) in [4.78, 5) is 25.9. The van der Waals surface area contributed by atoms with Crippen LogP contribution < -0.4 is 19.7 Å². The van der Waals surface area contributed by atoms with Crippen molar-refractivity contribution >= 4 is 34.9 Å². The van der Waals surface area contributed by atoms with Gasteiger partial charge >= 0.3 is 5.97 Å². The van der Waals surface area contributed by atoms with Crippen molar-refractivity contribution in [3.8, 4) is 11.5 Å². The number of carbonyl (C=O) groups is 2. The molecule has 2 aromatic carbocycles. The predicted octanol–water partition coefficient (Wildman–Crippen LogP) is 3.02. The highest BCUT2D eigenvalue weighted by Crippen LogP contribution is 2.33. The Labute approximate surface area is 150 Å². The minimum Gasteiger partial charge on any atom is -0.495 e. The Morgan fingerprint density at radius 3 is 2.88 bits per heavy atom. The van der Waals surface area contributed by atoms with Crippen LogP contribution in [0.4, 0.5) is 11.4 Å². The maximum absolute atomic E-state index is 12.5. The number of amides is 1. The van der Waals surface area contributed by atoms with E-state index >= 15 is 0 Å². The van der Waals surface area contributed by atoms with Crippen LogP contribution in [0.15, 0.2) is 36.4 Å².